The number of fused-ring (bicyclic) bond motifs is 2. The maximum Gasteiger partial charge on any atom is 0.268 e. The van der Waals surface area contributed by atoms with Crippen LogP contribution in [0.3, 0.4) is 0 Å². The largest absolute Gasteiger partial charge is 0.349 e. The first-order valence-corrected chi connectivity index (χ1v) is 11.5. The molecule has 28 heavy (non-hydrogen) atoms. The number of rotatable bonds is 5. The van der Waals surface area contributed by atoms with Crippen LogP contribution in [0.25, 0.3) is 10.2 Å². The van der Waals surface area contributed by atoms with Gasteiger partial charge in [0.15, 0.2) is 0 Å². The summed E-state index contributed by atoms with van der Waals surface area (Å²) in [5.74, 6) is 0.308. The Balaban J connectivity index is 1.57. The Morgan fingerprint density at radius 2 is 2.32 bits per heavy atom. The number of nitrogens with one attached hydrogen (secondary N) is 2. The van der Waals surface area contributed by atoms with Crippen LogP contribution in [0.15, 0.2) is 24.4 Å². The molecule has 0 spiro atoms. The third kappa shape index (κ3) is 3.50. The van der Waals surface area contributed by atoms with E-state index in [0.717, 1.165) is 21.8 Å². The summed E-state index contributed by atoms with van der Waals surface area (Å²) in [6, 6.07) is 4.73. The zero-order valence-corrected chi connectivity index (χ0v) is 17.9. The Morgan fingerprint density at radius 1 is 1.50 bits per heavy atom. The predicted octanol–water partition coefficient (Wildman–Crippen LogP) is 3.98. The summed E-state index contributed by atoms with van der Waals surface area (Å²) >= 11 is 15.1. The molecule has 146 valence electrons. The van der Waals surface area contributed by atoms with Gasteiger partial charge in [0.2, 0.25) is 5.91 Å². The summed E-state index contributed by atoms with van der Waals surface area (Å²) in [6.45, 7) is 0.567. The first kappa shape index (κ1) is 19.6. The van der Waals surface area contributed by atoms with E-state index in [4.69, 9.17) is 23.2 Å². The number of nitrogens with zero attached hydrogens (tertiary/aromatic N) is 2. The fourth-order valence-corrected chi connectivity index (χ4v) is 5.07. The van der Waals surface area contributed by atoms with Crippen molar-refractivity contribution >= 4 is 74.0 Å². The third-order valence-corrected chi connectivity index (χ3v) is 7.08. The number of H-pyrrole nitrogens is 1. The number of anilines is 1. The van der Waals surface area contributed by atoms with Crippen LogP contribution in [-0.2, 0) is 11.2 Å². The molecule has 0 aliphatic carbocycles. The Labute approximate surface area is 179 Å². The average molecular weight is 455 g/mol. The van der Waals surface area contributed by atoms with Crippen molar-refractivity contribution in [1.82, 2.24) is 15.3 Å². The van der Waals surface area contributed by atoms with Crippen molar-refractivity contribution in [2.45, 2.75) is 12.5 Å². The Morgan fingerprint density at radius 3 is 3.07 bits per heavy atom. The van der Waals surface area contributed by atoms with Gasteiger partial charge in [-0.25, -0.2) is 0 Å². The first-order chi connectivity index (χ1) is 13.5. The SMILES string of the molecule is CSCCN1C(=O)C(NC(=O)c2cc3sc(Cl)c(Cl)c3[nH]2)Cc2ncccc21. The van der Waals surface area contributed by atoms with E-state index >= 15 is 0 Å². The van der Waals surface area contributed by atoms with Gasteiger partial charge in [-0.05, 0) is 24.5 Å². The number of thiophene rings is 1. The van der Waals surface area contributed by atoms with Gasteiger partial charge in [-0.15, -0.1) is 11.3 Å². The van der Waals surface area contributed by atoms with Gasteiger partial charge in [0.05, 0.1) is 26.6 Å². The van der Waals surface area contributed by atoms with Gasteiger partial charge in [-0.2, -0.15) is 11.8 Å². The number of hydrogen-bond donors (Lipinski definition) is 2. The van der Waals surface area contributed by atoms with Crippen LogP contribution in [-0.4, -0.2) is 46.4 Å². The van der Waals surface area contributed by atoms with Gasteiger partial charge < -0.3 is 15.2 Å². The molecule has 2 amide bonds. The minimum atomic E-state index is -0.669. The fourth-order valence-electron chi connectivity index (χ4n) is 3.22. The maximum absolute atomic E-state index is 13.0. The summed E-state index contributed by atoms with van der Waals surface area (Å²) in [7, 11) is 0. The lowest BCUT2D eigenvalue weighted by atomic mass is 10.0. The maximum atomic E-state index is 13.0. The summed E-state index contributed by atoms with van der Waals surface area (Å²) < 4.78 is 1.27. The summed E-state index contributed by atoms with van der Waals surface area (Å²) in [5.41, 5.74) is 2.59. The number of aromatic amines is 1. The number of hydrogen-bond acceptors (Lipinski definition) is 5. The number of thioether (sulfide) groups is 1. The zero-order valence-electron chi connectivity index (χ0n) is 14.8. The third-order valence-electron chi connectivity index (χ3n) is 4.56. The van der Waals surface area contributed by atoms with E-state index in [1.165, 1.54) is 11.3 Å². The molecule has 1 aliphatic heterocycles. The van der Waals surface area contributed by atoms with Crippen molar-refractivity contribution in [1.29, 1.82) is 0 Å². The summed E-state index contributed by atoms with van der Waals surface area (Å²) in [6.07, 6.45) is 4.05. The smallest absolute Gasteiger partial charge is 0.268 e. The molecule has 10 heteroatoms. The zero-order chi connectivity index (χ0) is 19.8. The molecule has 2 N–H and O–H groups in total. The highest BCUT2D eigenvalue weighted by atomic mass is 35.5. The van der Waals surface area contributed by atoms with Gasteiger partial charge in [-0.3, -0.25) is 14.6 Å². The van der Waals surface area contributed by atoms with E-state index in [0.29, 0.717) is 33.5 Å². The fraction of sp³-hybridized carbons (Fsp3) is 0.278. The molecule has 4 rings (SSSR count). The molecular weight excluding hydrogens is 439 g/mol. The first-order valence-electron chi connectivity index (χ1n) is 8.51. The van der Waals surface area contributed by atoms with Crippen molar-refractivity contribution in [2.24, 2.45) is 0 Å². The lowest BCUT2D eigenvalue weighted by Gasteiger charge is -2.33. The molecule has 4 heterocycles. The quantitative estimate of drug-likeness (QED) is 0.610. The van der Waals surface area contributed by atoms with Crippen molar-refractivity contribution in [3.63, 3.8) is 0 Å². The van der Waals surface area contributed by atoms with Crippen molar-refractivity contribution in [3.8, 4) is 0 Å². The molecule has 1 atom stereocenters. The van der Waals surface area contributed by atoms with Crippen LogP contribution in [0.5, 0.6) is 0 Å². The number of amides is 2. The average Bonchev–Trinajstić information content (AvgIpc) is 3.21. The predicted molar refractivity (Wildman–Crippen MR) is 116 cm³/mol. The van der Waals surface area contributed by atoms with E-state index in [-0.39, 0.29) is 11.8 Å². The highest BCUT2D eigenvalue weighted by molar-refractivity contribution is 7.98. The molecule has 1 aliphatic rings. The minimum Gasteiger partial charge on any atom is -0.349 e. The highest BCUT2D eigenvalue weighted by Gasteiger charge is 2.34. The van der Waals surface area contributed by atoms with E-state index in [9.17, 15) is 9.59 Å². The molecule has 3 aromatic rings. The second-order valence-corrected chi connectivity index (χ2v) is 9.31. The van der Waals surface area contributed by atoms with Crippen molar-refractivity contribution in [2.75, 3.05) is 23.5 Å². The van der Waals surface area contributed by atoms with Gasteiger partial charge in [0, 0.05) is 24.9 Å². The van der Waals surface area contributed by atoms with E-state index in [1.54, 1.807) is 28.9 Å². The minimum absolute atomic E-state index is 0.127. The van der Waals surface area contributed by atoms with Crippen LogP contribution < -0.4 is 10.2 Å². The molecule has 0 radical (unpaired) electrons. The molecule has 6 nitrogen and oxygen atoms in total. The van der Waals surface area contributed by atoms with Crippen LogP contribution in [0.2, 0.25) is 9.36 Å². The van der Waals surface area contributed by atoms with Crippen molar-refractivity contribution in [3.05, 3.63) is 45.1 Å². The van der Waals surface area contributed by atoms with Gasteiger partial charge in [0.25, 0.3) is 5.91 Å². The van der Waals surface area contributed by atoms with Gasteiger partial charge in [0.1, 0.15) is 16.1 Å². The Bertz CT molecular complexity index is 1070. The Hall–Kier alpha value is -1.74. The molecular formula is C18H16Cl2N4O2S2. The van der Waals surface area contributed by atoms with E-state index in [2.05, 4.69) is 15.3 Å². The number of carbonyl (C=O) groups excluding carboxylic acids is 2. The second kappa shape index (κ2) is 7.94. The molecule has 3 aromatic heterocycles. The summed E-state index contributed by atoms with van der Waals surface area (Å²) in [4.78, 5) is 34.9. The summed E-state index contributed by atoms with van der Waals surface area (Å²) in [5, 5.41) is 3.24. The second-order valence-electron chi connectivity index (χ2n) is 6.29. The molecule has 0 saturated heterocycles. The molecule has 1 unspecified atom stereocenters. The van der Waals surface area contributed by atoms with E-state index in [1.807, 2.05) is 18.4 Å². The molecule has 0 bridgehead atoms. The standard InChI is InChI=1S/C18H16Cl2N4O2S2/c1-27-6-5-24-12-3-2-4-21-9(12)7-11(18(24)26)23-17(25)10-8-13-15(22-10)14(19)16(20)28-13/h2-4,8,11,22H,5-7H2,1H3,(H,23,25). The number of halogens is 2. The lowest BCUT2D eigenvalue weighted by molar-refractivity contribution is -0.120. The molecule has 0 saturated carbocycles. The van der Waals surface area contributed by atoms with Crippen LogP contribution >= 0.6 is 46.3 Å². The Kier molecular flexibility index (Phi) is 5.55. The van der Waals surface area contributed by atoms with Crippen molar-refractivity contribution < 1.29 is 9.59 Å². The lowest BCUT2D eigenvalue weighted by Crippen LogP contribution is -2.53. The highest BCUT2D eigenvalue weighted by Crippen LogP contribution is 2.38. The topological polar surface area (TPSA) is 78.1 Å². The van der Waals surface area contributed by atoms with Crippen LogP contribution in [0.1, 0.15) is 16.2 Å². The molecule has 0 fully saturated rings. The number of pyridine rings is 1. The van der Waals surface area contributed by atoms with E-state index < -0.39 is 6.04 Å². The van der Waals surface area contributed by atoms with Gasteiger partial charge in [-0.1, -0.05) is 23.2 Å². The van der Waals surface area contributed by atoms with Crippen LogP contribution in [0, 0.1) is 0 Å². The normalized spacial score (nSPS) is 16.5. The monoisotopic (exact) mass is 454 g/mol. The number of carbonyl (C=O) groups is 2. The molecule has 0 aromatic carbocycles. The van der Waals surface area contributed by atoms with Crippen LogP contribution in [0.4, 0.5) is 5.69 Å². The number of aromatic nitrogens is 2. The van der Waals surface area contributed by atoms with Gasteiger partial charge >= 0.3 is 0 Å².